The molecule has 0 atom stereocenters. The molecular weight excluding hydrogens is 134 g/mol. The largest absolute Gasteiger partial charge is 0.426 e. The Morgan fingerprint density at radius 2 is 1.50 bits per heavy atom. The second-order valence-electron chi connectivity index (χ2n) is 1.56. The fourth-order valence-electron chi connectivity index (χ4n) is 0.336. The quantitative estimate of drug-likeness (QED) is 0.518. The first kappa shape index (κ1) is 6.54. The molecule has 4 heteroatoms. The highest BCUT2D eigenvalue weighted by molar-refractivity contribution is 4.84. The molecule has 52 valence electrons. The lowest BCUT2D eigenvalue weighted by Crippen LogP contribution is -1.88. The molecule has 0 unspecified atom stereocenters. The minimum atomic E-state index is -0.718. The van der Waals surface area contributed by atoms with Crippen LogP contribution in [0.25, 0.3) is 0 Å². The molecule has 2 heterocycles. The van der Waals surface area contributed by atoms with Crippen LogP contribution in [-0.4, -0.2) is 4.98 Å². The minimum absolute atomic E-state index is 0.718. The molecule has 0 aliphatic carbocycles. The first-order valence-corrected chi connectivity index (χ1v) is 2.64. The highest BCUT2D eigenvalue weighted by atomic mass is 16.5. The van der Waals surface area contributed by atoms with Gasteiger partial charge in [-0.1, -0.05) is 0 Å². The van der Waals surface area contributed by atoms with E-state index in [-0.39, 0.29) is 0 Å². The van der Waals surface area contributed by atoms with Crippen LogP contribution in [0, 0.1) is 0 Å². The van der Waals surface area contributed by atoms with Crippen LogP contribution in [0.2, 0.25) is 0 Å². The van der Waals surface area contributed by atoms with Crippen LogP contribution in [0.1, 0.15) is 0 Å². The van der Waals surface area contributed by atoms with E-state index in [0.717, 1.165) is 0 Å². The third-order valence-electron chi connectivity index (χ3n) is 0.806. The van der Waals surface area contributed by atoms with E-state index in [9.17, 15) is 9.59 Å². The monoisotopic (exact) mass is 139 g/mol. The zero-order valence-electron chi connectivity index (χ0n) is 5.03. The summed E-state index contributed by atoms with van der Waals surface area (Å²) in [4.78, 5) is 21.5. The first-order valence-electron chi connectivity index (χ1n) is 2.64. The van der Waals surface area contributed by atoms with Crippen LogP contribution in [-0.2, 0) is 0 Å². The Morgan fingerprint density at radius 1 is 1.10 bits per heavy atom. The van der Waals surface area contributed by atoms with Crippen LogP contribution >= 0.6 is 0 Å². The number of H-pyrrole nitrogens is 1. The lowest BCUT2D eigenvalue weighted by atomic mass is 10.7. The van der Waals surface area contributed by atoms with E-state index in [2.05, 4.69) is 9.40 Å². The predicted octanol–water partition coefficient (Wildman–Crippen LogP) is -0.110. The third-order valence-corrected chi connectivity index (χ3v) is 0.806. The average molecular weight is 139 g/mol. The van der Waals surface area contributed by atoms with Crippen LogP contribution in [0.5, 0.6) is 0 Å². The molecule has 2 aromatic rings. The summed E-state index contributed by atoms with van der Waals surface area (Å²) in [6, 6.07) is 3.89. The van der Waals surface area contributed by atoms with Crippen LogP contribution in [0.3, 0.4) is 0 Å². The number of hydrogen-bond acceptors (Lipinski definition) is 3. The second kappa shape index (κ2) is 2.82. The minimum Gasteiger partial charge on any atom is -0.376 e. The van der Waals surface area contributed by atoms with Crippen molar-refractivity contribution in [3.8, 4) is 0 Å². The summed E-state index contributed by atoms with van der Waals surface area (Å²) in [7, 11) is 0. The van der Waals surface area contributed by atoms with Gasteiger partial charge in [0, 0.05) is 12.4 Å². The number of nitrogens with one attached hydrogen (secondary N) is 1. The molecule has 4 nitrogen and oxygen atoms in total. The Kier molecular flexibility index (Phi) is 1.84. The Bertz CT molecular complexity index is 286. The van der Waals surface area contributed by atoms with Crippen LogP contribution in [0.4, 0.5) is 0 Å². The van der Waals surface area contributed by atoms with E-state index in [0.29, 0.717) is 0 Å². The van der Waals surface area contributed by atoms with Gasteiger partial charge in [0.15, 0.2) is 0 Å². The maximum Gasteiger partial charge on any atom is 0.426 e. The summed E-state index contributed by atoms with van der Waals surface area (Å²) in [6.07, 6.45) is 3.75. The number of aromatic amines is 1. The fourth-order valence-corrected chi connectivity index (χ4v) is 0.336. The van der Waals surface area contributed by atoms with Gasteiger partial charge in [-0.2, -0.15) is 0 Å². The van der Waals surface area contributed by atoms with E-state index in [1.54, 1.807) is 0 Å². The molecule has 10 heavy (non-hydrogen) atoms. The summed E-state index contributed by atoms with van der Waals surface area (Å²) in [5.41, 5.74) is -1.44. The number of hydrogen-bond donors (Lipinski definition) is 1. The van der Waals surface area contributed by atoms with Crippen molar-refractivity contribution in [2.45, 2.75) is 0 Å². The Hall–Kier alpha value is -1.58. The Balaban J connectivity index is 0.0000001000. The van der Waals surface area contributed by atoms with Gasteiger partial charge in [0.1, 0.15) is 0 Å². The maximum absolute atomic E-state index is 9.31. The third kappa shape index (κ3) is 2.13. The van der Waals surface area contributed by atoms with E-state index in [1.807, 2.05) is 24.5 Å². The average Bonchev–Trinajstić information content (AvgIpc) is 2.40. The molecule has 0 bridgehead atoms. The van der Waals surface area contributed by atoms with Gasteiger partial charge in [0.05, 0.1) is 0 Å². The van der Waals surface area contributed by atoms with Gasteiger partial charge < -0.3 is 9.40 Å². The fraction of sp³-hybridized carbons (Fsp3) is 0. The standard InChI is InChI=1S/C4H5N.C2O3/c1-2-4-5-3-1;3-1-2(4)5-1/h1-5H;. The molecule has 2 rings (SSSR count). The molecule has 2 aromatic heterocycles. The number of aromatic nitrogens is 1. The molecule has 0 radical (unpaired) electrons. The maximum atomic E-state index is 9.31. The molecule has 0 saturated heterocycles. The van der Waals surface area contributed by atoms with Crippen molar-refractivity contribution in [2.24, 2.45) is 0 Å². The van der Waals surface area contributed by atoms with Gasteiger partial charge in [0.2, 0.25) is 0 Å². The zero-order chi connectivity index (χ0) is 7.40. The van der Waals surface area contributed by atoms with E-state index < -0.39 is 11.3 Å². The highest BCUT2D eigenvalue weighted by Gasteiger charge is 2.02. The molecule has 0 aliphatic heterocycles. The van der Waals surface area contributed by atoms with Gasteiger partial charge in [-0.15, -0.1) is 0 Å². The van der Waals surface area contributed by atoms with Crippen molar-refractivity contribution in [3.05, 3.63) is 45.4 Å². The van der Waals surface area contributed by atoms with Crippen molar-refractivity contribution in [3.63, 3.8) is 0 Å². The van der Waals surface area contributed by atoms with Gasteiger partial charge in [0.25, 0.3) is 0 Å². The van der Waals surface area contributed by atoms with Gasteiger partial charge in [-0.05, 0) is 12.1 Å². The molecule has 0 saturated carbocycles. The summed E-state index contributed by atoms with van der Waals surface area (Å²) >= 11 is 0. The van der Waals surface area contributed by atoms with E-state index in [4.69, 9.17) is 0 Å². The van der Waals surface area contributed by atoms with Crippen LogP contribution in [0.15, 0.2) is 38.5 Å². The highest BCUT2D eigenvalue weighted by Crippen LogP contribution is 1.72. The Labute approximate surface area is 55.8 Å². The summed E-state index contributed by atoms with van der Waals surface area (Å²) in [5.74, 6) is 0. The molecule has 0 fully saturated rings. The van der Waals surface area contributed by atoms with Gasteiger partial charge >= 0.3 is 11.3 Å². The molecular formula is C6H5NO3. The van der Waals surface area contributed by atoms with E-state index >= 15 is 0 Å². The SMILES string of the molecule is O=c1oc1=O.c1cc[nH]c1. The second-order valence-corrected chi connectivity index (χ2v) is 1.56. The van der Waals surface area contributed by atoms with Gasteiger partial charge in [-0.3, -0.25) is 0 Å². The van der Waals surface area contributed by atoms with Gasteiger partial charge in [-0.25, -0.2) is 9.59 Å². The zero-order valence-corrected chi connectivity index (χ0v) is 5.03. The predicted molar refractivity (Wildman–Crippen MR) is 34.4 cm³/mol. The molecule has 1 N–H and O–H groups in total. The summed E-state index contributed by atoms with van der Waals surface area (Å²) < 4.78 is 3.64. The van der Waals surface area contributed by atoms with Crippen molar-refractivity contribution in [1.29, 1.82) is 0 Å². The molecule has 0 amide bonds. The van der Waals surface area contributed by atoms with Crippen molar-refractivity contribution < 1.29 is 4.42 Å². The summed E-state index contributed by atoms with van der Waals surface area (Å²) in [5, 5.41) is 0. The van der Waals surface area contributed by atoms with Crippen LogP contribution < -0.4 is 11.3 Å². The lowest BCUT2D eigenvalue weighted by Gasteiger charge is -1.49. The lowest BCUT2D eigenvalue weighted by molar-refractivity contribution is 0.650. The van der Waals surface area contributed by atoms with E-state index in [1.165, 1.54) is 0 Å². The first-order chi connectivity index (χ1) is 4.80. The molecule has 0 aliphatic rings. The number of rotatable bonds is 0. The molecule has 0 spiro atoms. The normalized spacial score (nSPS) is 8.80. The Morgan fingerprint density at radius 3 is 1.60 bits per heavy atom. The topological polar surface area (TPSA) is 63.1 Å². The summed E-state index contributed by atoms with van der Waals surface area (Å²) in [6.45, 7) is 0. The van der Waals surface area contributed by atoms with Crippen molar-refractivity contribution in [1.82, 2.24) is 4.98 Å². The van der Waals surface area contributed by atoms with Crippen molar-refractivity contribution >= 4 is 0 Å². The smallest absolute Gasteiger partial charge is 0.376 e. The molecule has 0 aromatic carbocycles. The van der Waals surface area contributed by atoms with Crippen molar-refractivity contribution in [2.75, 3.05) is 0 Å².